The molecule has 0 aliphatic carbocycles. The van der Waals surface area contributed by atoms with E-state index in [-0.39, 0.29) is 0 Å². The van der Waals surface area contributed by atoms with Crippen molar-refractivity contribution in [2.24, 2.45) is 5.73 Å². The Morgan fingerprint density at radius 3 is 2.71 bits per heavy atom. The minimum absolute atomic E-state index is 0.488. The highest BCUT2D eigenvalue weighted by molar-refractivity contribution is 9.10. The summed E-state index contributed by atoms with van der Waals surface area (Å²) in [6.07, 6.45) is 1.72. The Bertz CT molecular complexity index is 511. The molecule has 0 fully saturated rings. The first kappa shape index (κ1) is 12.1. The van der Waals surface area contributed by atoms with Gasteiger partial charge in [-0.3, -0.25) is 0 Å². The number of benzene rings is 1. The lowest BCUT2D eigenvalue weighted by atomic mass is 10.2. The van der Waals surface area contributed by atoms with Crippen LogP contribution in [-0.2, 0) is 6.54 Å². The number of nitrogens with two attached hydrogens (primary N) is 1. The third kappa shape index (κ3) is 3.05. The summed E-state index contributed by atoms with van der Waals surface area (Å²) in [4.78, 5) is 4.19. The molecule has 0 radical (unpaired) electrons. The van der Waals surface area contributed by atoms with Crippen LogP contribution < -0.4 is 10.5 Å². The van der Waals surface area contributed by atoms with Crippen molar-refractivity contribution in [2.45, 2.75) is 13.5 Å². The topological polar surface area (TPSA) is 48.1 Å². The fraction of sp³-hybridized carbons (Fsp3) is 0.154. The summed E-state index contributed by atoms with van der Waals surface area (Å²) in [6.45, 7) is 2.52. The molecular weight excluding hydrogens is 280 g/mol. The summed E-state index contributed by atoms with van der Waals surface area (Å²) in [5, 5.41) is 0. The molecule has 0 spiro atoms. The van der Waals surface area contributed by atoms with E-state index < -0.39 is 0 Å². The van der Waals surface area contributed by atoms with Crippen LogP contribution >= 0.6 is 15.9 Å². The van der Waals surface area contributed by atoms with Crippen molar-refractivity contribution in [3.63, 3.8) is 0 Å². The molecule has 88 valence electrons. The maximum absolute atomic E-state index is 5.66. The van der Waals surface area contributed by atoms with Crippen molar-refractivity contribution in [3.8, 4) is 11.6 Å². The van der Waals surface area contributed by atoms with Crippen LogP contribution in [0.3, 0.4) is 0 Å². The van der Waals surface area contributed by atoms with Crippen molar-refractivity contribution in [1.82, 2.24) is 4.98 Å². The maximum atomic E-state index is 5.66. The number of aryl methyl sites for hydroxylation is 1. The fourth-order valence-electron chi connectivity index (χ4n) is 1.39. The minimum Gasteiger partial charge on any atom is -0.438 e. The average molecular weight is 293 g/mol. The molecule has 3 nitrogen and oxygen atoms in total. The van der Waals surface area contributed by atoms with E-state index >= 15 is 0 Å². The predicted molar refractivity (Wildman–Crippen MR) is 71.1 cm³/mol. The van der Waals surface area contributed by atoms with Gasteiger partial charge in [-0.15, -0.1) is 0 Å². The van der Waals surface area contributed by atoms with E-state index in [0.29, 0.717) is 12.4 Å². The van der Waals surface area contributed by atoms with Gasteiger partial charge >= 0.3 is 0 Å². The first-order valence-electron chi connectivity index (χ1n) is 5.28. The van der Waals surface area contributed by atoms with Crippen LogP contribution in [-0.4, -0.2) is 4.98 Å². The molecule has 0 saturated heterocycles. The zero-order valence-corrected chi connectivity index (χ0v) is 11.1. The number of ether oxygens (including phenoxy) is 1. The highest BCUT2D eigenvalue weighted by Gasteiger charge is 2.03. The molecule has 0 aliphatic heterocycles. The van der Waals surface area contributed by atoms with Crippen molar-refractivity contribution < 1.29 is 4.74 Å². The minimum atomic E-state index is 0.488. The Hall–Kier alpha value is -1.39. The summed E-state index contributed by atoms with van der Waals surface area (Å²) in [7, 11) is 0. The molecular formula is C13H13BrN2O. The highest BCUT2D eigenvalue weighted by Crippen LogP contribution is 2.29. The molecule has 1 heterocycles. The SMILES string of the molecule is Cc1ccc(Oc2ccc(CN)cn2)c(Br)c1. The van der Waals surface area contributed by atoms with E-state index in [2.05, 4.69) is 20.9 Å². The molecule has 2 aromatic rings. The quantitative estimate of drug-likeness (QED) is 0.943. The second kappa shape index (κ2) is 5.29. The number of halogens is 1. The number of rotatable bonds is 3. The van der Waals surface area contributed by atoms with E-state index in [1.54, 1.807) is 6.20 Å². The van der Waals surface area contributed by atoms with Gasteiger partial charge in [0.2, 0.25) is 5.88 Å². The zero-order chi connectivity index (χ0) is 12.3. The van der Waals surface area contributed by atoms with Gasteiger partial charge in [-0.2, -0.15) is 0 Å². The maximum Gasteiger partial charge on any atom is 0.219 e. The third-order valence-electron chi connectivity index (χ3n) is 2.34. The van der Waals surface area contributed by atoms with Gasteiger partial charge in [-0.1, -0.05) is 12.1 Å². The zero-order valence-electron chi connectivity index (χ0n) is 9.48. The van der Waals surface area contributed by atoms with Gasteiger partial charge < -0.3 is 10.5 Å². The molecule has 0 amide bonds. The lowest BCUT2D eigenvalue weighted by Crippen LogP contribution is -1.97. The summed E-state index contributed by atoms with van der Waals surface area (Å²) in [5.74, 6) is 1.32. The van der Waals surface area contributed by atoms with Crippen molar-refractivity contribution in [1.29, 1.82) is 0 Å². The Morgan fingerprint density at radius 2 is 2.12 bits per heavy atom. The fourth-order valence-corrected chi connectivity index (χ4v) is 1.97. The van der Waals surface area contributed by atoms with Gasteiger partial charge in [0.15, 0.2) is 0 Å². The molecule has 1 aromatic heterocycles. The van der Waals surface area contributed by atoms with Gasteiger partial charge in [-0.05, 0) is 46.1 Å². The lowest BCUT2D eigenvalue weighted by molar-refractivity contribution is 0.459. The standard InChI is InChI=1S/C13H13BrN2O/c1-9-2-4-12(11(14)6-9)17-13-5-3-10(7-15)8-16-13/h2-6,8H,7,15H2,1H3. The summed E-state index contributed by atoms with van der Waals surface area (Å²) < 4.78 is 6.58. The monoisotopic (exact) mass is 292 g/mol. The predicted octanol–water partition coefficient (Wildman–Crippen LogP) is 3.40. The first-order chi connectivity index (χ1) is 8.19. The van der Waals surface area contributed by atoms with Crippen molar-refractivity contribution >= 4 is 15.9 Å². The summed E-state index contributed by atoms with van der Waals surface area (Å²) in [5.41, 5.74) is 7.67. The van der Waals surface area contributed by atoms with Crippen molar-refractivity contribution in [3.05, 3.63) is 52.1 Å². The van der Waals surface area contributed by atoms with E-state index in [9.17, 15) is 0 Å². The van der Waals surface area contributed by atoms with Gasteiger partial charge in [0.05, 0.1) is 4.47 Å². The van der Waals surface area contributed by atoms with Crippen LogP contribution in [0.4, 0.5) is 0 Å². The normalized spacial score (nSPS) is 10.3. The molecule has 2 rings (SSSR count). The van der Waals surface area contributed by atoms with E-state index in [0.717, 1.165) is 15.8 Å². The third-order valence-corrected chi connectivity index (χ3v) is 2.95. The molecule has 0 atom stereocenters. The van der Waals surface area contributed by atoms with E-state index in [1.165, 1.54) is 5.56 Å². The molecule has 17 heavy (non-hydrogen) atoms. The van der Waals surface area contributed by atoms with Crippen LogP contribution in [0.25, 0.3) is 0 Å². The van der Waals surface area contributed by atoms with Crippen LogP contribution in [0.1, 0.15) is 11.1 Å². The number of aromatic nitrogens is 1. The van der Waals surface area contributed by atoms with Gasteiger partial charge in [0.25, 0.3) is 0 Å². The van der Waals surface area contributed by atoms with E-state index in [1.807, 2.05) is 37.3 Å². The summed E-state index contributed by atoms with van der Waals surface area (Å²) >= 11 is 3.46. The molecule has 0 aliphatic rings. The first-order valence-corrected chi connectivity index (χ1v) is 6.07. The van der Waals surface area contributed by atoms with Crippen LogP contribution in [0, 0.1) is 6.92 Å². The Labute approximate surface area is 109 Å². The average Bonchev–Trinajstić information content (AvgIpc) is 2.34. The Kier molecular flexibility index (Phi) is 3.76. The molecule has 0 bridgehead atoms. The lowest BCUT2D eigenvalue weighted by Gasteiger charge is -2.07. The highest BCUT2D eigenvalue weighted by atomic mass is 79.9. The smallest absolute Gasteiger partial charge is 0.219 e. The number of hydrogen-bond acceptors (Lipinski definition) is 3. The van der Waals surface area contributed by atoms with Crippen LogP contribution in [0.15, 0.2) is 41.0 Å². The number of nitrogens with zero attached hydrogens (tertiary/aromatic N) is 1. The van der Waals surface area contributed by atoms with E-state index in [4.69, 9.17) is 10.5 Å². The Balaban J connectivity index is 2.19. The Morgan fingerprint density at radius 1 is 1.29 bits per heavy atom. The summed E-state index contributed by atoms with van der Waals surface area (Å²) in [6, 6.07) is 9.63. The second-order valence-corrected chi connectivity index (χ2v) is 4.60. The molecule has 4 heteroatoms. The van der Waals surface area contributed by atoms with Crippen molar-refractivity contribution in [2.75, 3.05) is 0 Å². The second-order valence-electron chi connectivity index (χ2n) is 3.74. The molecule has 0 saturated carbocycles. The van der Waals surface area contributed by atoms with Crippen LogP contribution in [0.2, 0.25) is 0 Å². The van der Waals surface area contributed by atoms with Gasteiger partial charge in [-0.25, -0.2) is 4.98 Å². The molecule has 0 unspecified atom stereocenters. The molecule has 2 N–H and O–H groups in total. The number of hydrogen-bond donors (Lipinski definition) is 1. The largest absolute Gasteiger partial charge is 0.438 e. The van der Waals surface area contributed by atoms with Gasteiger partial charge in [0.1, 0.15) is 5.75 Å². The number of pyridine rings is 1. The van der Waals surface area contributed by atoms with Crippen LogP contribution in [0.5, 0.6) is 11.6 Å². The molecule has 1 aromatic carbocycles. The van der Waals surface area contributed by atoms with Gasteiger partial charge in [0, 0.05) is 18.8 Å².